The third kappa shape index (κ3) is 3.23. The van der Waals surface area contributed by atoms with Crippen molar-refractivity contribution >= 4 is 11.6 Å². The summed E-state index contributed by atoms with van der Waals surface area (Å²) in [5.41, 5.74) is 1.18. The first-order chi connectivity index (χ1) is 8.26. The van der Waals surface area contributed by atoms with Crippen LogP contribution in [0.5, 0.6) is 0 Å². The van der Waals surface area contributed by atoms with E-state index < -0.39 is 0 Å². The molecule has 1 aromatic rings. The summed E-state index contributed by atoms with van der Waals surface area (Å²) in [7, 11) is 0. The molecular formula is C13H22ClN3. The van der Waals surface area contributed by atoms with E-state index in [-0.39, 0.29) is 0 Å². The van der Waals surface area contributed by atoms with Crippen LogP contribution in [0.4, 0.5) is 0 Å². The Hall–Kier alpha value is -0.540. The van der Waals surface area contributed by atoms with Gasteiger partial charge in [-0.2, -0.15) is 5.10 Å². The summed E-state index contributed by atoms with van der Waals surface area (Å²) >= 11 is 6.28. The van der Waals surface area contributed by atoms with E-state index in [1.165, 1.54) is 25.0 Å². The number of hydrogen-bond acceptors (Lipinski definition) is 2. The highest BCUT2D eigenvalue weighted by molar-refractivity contribution is 6.31. The molecule has 1 unspecified atom stereocenters. The molecule has 0 aliphatic heterocycles. The number of aromatic nitrogens is 2. The Balaban J connectivity index is 2.13. The first-order valence-corrected chi connectivity index (χ1v) is 7.08. The molecule has 3 nitrogen and oxygen atoms in total. The van der Waals surface area contributed by atoms with Gasteiger partial charge in [-0.15, -0.1) is 0 Å². The van der Waals surface area contributed by atoms with Gasteiger partial charge >= 0.3 is 0 Å². The monoisotopic (exact) mass is 255 g/mol. The largest absolute Gasteiger partial charge is 0.309 e. The average Bonchev–Trinajstić information content (AvgIpc) is 3.07. The van der Waals surface area contributed by atoms with Gasteiger partial charge in [0, 0.05) is 6.54 Å². The number of nitrogens with one attached hydrogen (secondary N) is 1. The van der Waals surface area contributed by atoms with Crippen LogP contribution in [0.2, 0.25) is 5.02 Å². The summed E-state index contributed by atoms with van der Waals surface area (Å²) in [5.74, 6) is 0.889. The van der Waals surface area contributed by atoms with Crippen molar-refractivity contribution in [3.8, 4) is 0 Å². The van der Waals surface area contributed by atoms with Crippen molar-refractivity contribution in [1.29, 1.82) is 0 Å². The predicted octanol–water partition coefficient (Wildman–Crippen LogP) is 3.40. The van der Waals surface area contributed by atoms with E-state index in [0.717, 1.165) is 30.5 Å². The van der Waals surface area contributed by atoms with Crippen LogP contribution in [-0.2, 0) is 6.54 Å². The van der Waals surface area contributed by atoms with Gasteiger partial charge in [0.2, 0.25) is 0 Å². The molecule has 2 rings (SSSR count). The molecular weight excluding hydrogens is 234 g/mol. The van der Waals surface area contributed by atoms with E-state index >= 15 is 0 Å². The van der Waals surface area contributed by atoms with Crippen LogP contribution in [0.3, 0.4) is 0 Å². The molecule has 1 atom stereocenters. The van der Waals surface area contributed by atoms with Gasteiger partial charge in [0.05, 0.1) is 23.0 Å². The minimum absolute atomic E-state index is 0.373. The number of aryl methyl sites for hydroxylation is 1. The zero-order valence-electron chi connectivity index (χ0n) is 10.7. The van der Waals surface area contributed by atoms with Crippen molar-refractivity contribution in [3.05, 3.63) is 16.9 Å². The average molecular weight is 256 g/mol. The quantitative estimate of drug-likeness (QED) is 0.809. The van der Waals surface area contributed by atoms with Crippen molar-refractivity contribution in [3.63, 3.8) is 0 Å². The lowest BCUT2D eigenvalue weighted by Crippen LogP contribution is -2.25. The van der Waals surface area contributed by atoms with E-state index in [0.29, 0.717) is 6.04 Å². The molecule has 1 saturated carbocycles. The van der Waals surface area contributed by atoms with Gasteiger partial charge < -0.3 is 5.32 Å². The van der Waals surface area contributed by atoms with Gasteiger partial charge in [0.15, 0.2) is 0 Å². The van der Waals surface area contributed by atoms with Crippen LogP contribution >= 0.6 is 11.6 Å². The van der Waals surface area contributed by atoms with Crippen molar-refractivity contribution in [2.24, 2.45) is 5.92 Å². The Kier molecular flexibility index (Phi) is 4.46. The Bertz CT molecular complexity index is 358. The van der Waals surface area contributed by atoms with E-state index in [1.807, 2.05) is 4.68 Å². The highest BCUT2D eigenvalue weighted by atomic mass is 35.5. The number of rotatable bonds is 7. The topological polar surface area (TPSA) is 29.9 Å². The molecule has 1 aliphatic rings. The standard InChI is InChI=1S/C13H22ClN3/c1-3-7-15-12(8-10-5-6-10)13-11(14)9-16-17(13)4-2/h9-10,12,15H,3-8H2,1-2H3. The first-order valence-electron chi connectivity index (χ1n) is 6.70. The van der Waals surface area contributed by atoms with Crippen molar-refractivity contribution in [2.75, 3.05) is 6.54 Å². The second kappa shape index (κ2) is 5.87. The Morgan fingerprint density at radius 1 is 1.53 bits per heavy atom. The van der Waals surface area contributed by atoms with Gasteiger partial charge in [0.25, 0.3) is 0 Å². The molecule has 1 aliphatic carbocycles. The maximum atomic E-state index is 6.28. The summed E-state index contributed by atoms with van der Waals surface area (Å²) < 4.78 is 2.03. The van der Waals surface area contributed by atoms with Crippen LogP contribution in [0.1, 0.15) is 51.3 Å². The SMILES string of the molecule is CCCNC(CC1CC1)c1c(Cl)cnn1CC. The first kappa shape index (κ1) is 12.9. The minimum atomic E-state index is 0.373. The summed E-state index contributed by atoms with van der Waals surface area (Å²) in [5, 5.41) is 8.76. The molecule has 0 saturated heterocycles. The van der Waals surface area contributed by atoms with Crippen LogP contribution in [0.15, 0.2) is 6.20 Å². The highest BCUT2D eigenvalue weighted by Gasteiger charge is 2.28. The van der Waals surface area contributed by atoms with Gasteiger partial charge in [-0.3, -0.25) is 4.68 Å². The smallest absolute Gasteiger partial charge is 0.0834 e. The molecule has 0 aromatic carbocycles. The van der Waals surface area contributed by atoms with Crippen LogP contribution in [-0.4, -0.2) is 16.3 Å². The molecule has 1 N–H and O–H groups in total. The maximum absolute atomic E-state index is 6.28. The van der Waals surface area contributed by atoms with Crippen molar-refractivity contribution in [2.45, 2.75) is 52.1 Å². The third-order valence-electron chi connectivity index (χ3n) is 3.37. The van der Waals surface area contributed by atoms with Crippen LogP contribution in [0, 0.1) is 5.92 Å². The second-order valence-electron chi connectivity index (χ2n) is 4.88. The Morgan fingerprint density at radius 2 is 2.29 bits per heavy atom. The number of nitrogens with zero attached hydrogens (tertiary/aromatic N) is 2. The summed E-state index contributed by atoms with van der Waals surface area (Å²) in [6, 6.07) is 0.373. The third-order valence-corrected chi connectivity index (χ3v) is 3.66. The maximum Gasteiger partial charge on any atom is 0.0834 e. The van der Waals surface area contributed by atoms with Crippen molar-refractivity contribution < 1.29 is 0 Å². The molecule has 0 spiro atoms. The Labute approximate surface area is 109 Å². The number of hydrogen-bond donors (Lipinski definition) is 1. The fraction of sp³-hybridized carbons (Fsp3) is 0.769. The van der Waals surface area contributed by atoms with E-state index in [2.05, 4.69) is 24.3 Å². The van der Waals surface area contributed by atoms with Crippen molar-refractivity contribution in [1.82, 2.24) is 15.1 Å². The fourth-order valence-electron chi connectivity index (χ4n) is 2.27. The van der Waals surface area contributed by atoms with Gasteiger partial charge in [-0.25, -0.2) is 0 Å². The van der Waals surface area contributed by atoms with Gasteiger partial charge in [-0.1, -0.05) is 31.4 Å². The summed E-state index contributed by atoms with van der Waals surface area (Å²) in [4.78, 5) is 0. The number of halogens is 1. The molecule has 1 aromatic heterocycles. The lowest BCUT2D eigenvalue weighted by Gasteiger charge is -2.20. The van der Waals surface area contributed by atoms with Crippen LogP contribution < -0.4 is 5.32 Å². The van der Waals surface area contributed by atoms with Gasteiger partial charge in [-0.05, 0) is 32.2 Å². The lowest BCUT2D eigenvalue weighted by atomic mass is 10.1. The van der Waals surface area contributed by atoms with Crippen LogP contribution in [0.25, 0.3) is 0 Å². The van der Waals surface area contributed by atoms with E-state index in [9.17, 15) is 0 Å². The molecule has 1 fully saturated rings. The second-order valence-corrected chi connectivity index (χ2v) is 5.29. The van der Waals surface area contributed by atoms with E-state index in [1.54, 1.807) is 6.20 Å². The van der Waals surface area contributed by atoms with E-state index in [4.69, 9.17) is 11.6 Å². The fourth-order valence-corrected chi connectivity index (χ4v) is 2.54. The molecule has 4 heteroatoms. The minimum Gasteiger partial charge on any atom is -0.309 e. The summed E-state index contributed by atoms with van der Waals surface area (Å²) in [6.45, 7) is 6.24. The molecule has 0 bridgehead atoms. The summed E-state index contributed by atoms with van der Waals surface area (Å²) in [6.07, 6.45) is 6.88. The zero-order valence-corrected chi connectivity index (χ0v) is 11.5. The highest BCUT2D eigenvalue weighted by Crippen LogP contribution is 2.39. The molecule has 1 heterocycles. The zero-order chi connectivity index (χ0) is 12.3. The molecule has 0 amide bonds. The Morgan fingerprint density at radius 3 is 2.88 bits per heavy atom. The van der Waals surface area contributed by atoms with Gasteiger partial charge in [0.1, 0.15) is 0 Å². The molecule has 96 valence electrons. The normalized spacial score (nSPS) is 17.4. The lowest BCUT2D eigenvalue weighted by molar-refractivity contribution is 0.437. The predicted molar refractivity (Wildman–Crippen MR) is 71.3 cm³/mol. The molecule has 0 radical (unpaired) electrons. The molecule has 17 heavy (non-hydrogen) atoms.